The number of carbonyl (C=O) groups excluding carboxylic acids is 1. The molecule has 68 valence electrons. The Hall–Kier alpha value is -1.31. The molecule has 2 rings (SSSR count). The van der Waals surface area contributed by atoms with Gasteiger partial charge in [0.2, 0.25) is 0 Å². The molecule has 0 bridgehead atoms. The third kappa shape index (κ3) is 1.72. The molecule has 1 aliphatic heterocycles. The third-order valence-electron chi connectivity index (χ3n) is 2.54. The Morgan fingerprint density at radius 2 is 2.08 bits per heavy atom. The van der Waals surface area contributed by atoms with Crippen LogP contribution in [0.15, 0.2) is 30.3 Å². The van der Waals surface area contributed by atoms with E-state index in [0.29, 0.717) is 0 Å². The number of para-hydroxylation sites is 1. The summed E-state index contributed by atoms with van der Waals surface area (Å²) in [6.45, 7) is 1.89. The molecule has 1 aromatic carbocycles. The van der Waals surface area contributed by atoms with Gasteiger partial charge < -0.3 is 9.69 Å². The van der Waals surface area contributed by atoms with Crippen molar-refractivity contribution in [2.45, 2.75) is 6.42 Å². The van der Waals surface area contributed by atoms with Crippen LogP contribution in [0.5, 0.6) is 0 Å². The Kier molecular flexibility index (Phi) is 2.30. The summed E-state index contributed by atoms with van der Waals surface area (Å²) in [6.07, 6.45) is 2.07. The predicted octanol–water partition coefficient (Wildman–Crippen LogP) is 1.71. The minimum atomic E-state index is 0.236. The quantitative estimate of drug-likeness (QED) is 0.638. The van der Waals surface area contributed by atoms with E-state index in [-0.39, 0.29) is 5.92 Å². The van der Waals surface area contributed by atoms with Crippen molar-refractivity contribution in [3.8, 4) is 0 Å². The van der Waals surface area contributed by atoms with E-state index in [2.05, 4.69) is 17.0 Å². The van der Waals surface area contributed by atoms with Crippen LogP contribution < -0.4 is 4.90 Å². The molecule has 1 aromatic rings. The summed E-state index contributed by atoms with van der Waals surface area (Å²) in [7, 11) is 0. The van der Waals surface area contributed by atoms with Crippen LogP contribution in [0.25, 0.3) is 0 Å². The Morgan fingerprint density at radius 1 is 1.31 bits per heavy atom. The summed E-state index contributed by atoms with van der Waals surface area (Å²) in [4.78, 5) is 12.8. The molecule has 1 saturated heterocycles. The third-order valence-corrected chi connectivity index (χ3v) is 2.54. The maximum absolute atomic E-state index is 10.6. The summed E-state index contributed by atoms with van der Waals surface area (Å²) in [6, 6.07) is 10.3. The number of anilines is 1. The first kappa shape index (κ1) is 8.30. The van der Waals surface area contributed by atoms with Crippen molar-refractivity contribution >= 4 is 12.0 Å². The number of benzene rings is 1. The number of rotatable bonds is 2. The van der Waals surface area contributed by atoms with Crippen molar-refractivity contribution in [1.29, 1.82) is 0 Å². The fourth-order valence-electron chi connectivity index (χ4n) is 1.77. The second-order valence-electron chi connectivity index (χ2n) is 3.47. The lowest BCUT2D eigenvalue weighted by Gasteiger charge is -2.17. The van der Waals surface area contributed by atoms with Gasteiger partial charge in [0, 0.05) is 24.7 Å². The van der Waals surface area contributed by atoms with Crippen LogP contribution in [0.4, 0.5) is 5.69 Å². The van der Waals surface area contributed by atoms with Crippen molar-refractivity contribution in [3.63, 3.8) is 0 Å². The van der Waals surface area contributed by atoms with Gasteiger partial charge in [-0.15, -0.1) is 0 Å². The molecule has 1 heterocycles. The molecular formula is C11H13NO. The lowest BCUT2D eigenvalue weighted by Crippen LogP contribution is -2.19. The molecule has 0 saturated carbocycles. The van der Waals surface area contributed by atoms with Gasteiger partial charge in [-0.3, -0.25) is 0 Å². The molecule has 1 fully saturated rings. The molecule has 0 unspecified atom stereocenters. The van der Waals surface area contributed by atoms with E-state index in [1.54, 1.807) is 0 Å². The minimum Gasteiger partial charge on any atom is -0.371 e. The van der Waals surface area contributed by atoms with E-state index >= 15 is 0 Å². The van der Waals surface area contributed by atoms with Gasteiger partial charge >= 0.3 is 0 Å². The molecule has 0 aromatic heterocycles. The molecule has 0 N–H and O–H groups in total. The zero-order valence-corrected chi connectivity index (χ0v) is 7.52. The molecular weight excluding hydrogens is 162 g/mol. The van der Waals surface area contributed by atoms with Gasteiger partial charge in [-0.05, 0) is 18.6 Å². The highest BCUT2D eigenvalue weighted by Gasteiger charge is 2.21. The average Bonchev–Trinajstić information content (AvgIpc) is 2.67. The van der Waals surface area contributed by atoms with Crippen LogP contribution in [0, 0.1) is 5.92 Å². The van der Waals surface area contributed by atoms with Gasteiger partial charge in [0.25, 0.3) is 0 Å². The monoisotopic (exact) mass is 175 g/mol. The highest BCUT2D eigenvalue weighted by atomic mass is 16.1. The number of carbonyl (C=O) groups is 1. The first-order valence-electron chi connectivity index (χ1n) is 4.65. The lowest BCUT2D eigenvalue weighted by atomic mass is 10.1. The van der Waals surface area contributed by atoms with Gasteiger partial charge in [-0.1, -0.05) is 18.2 Å². The number of hydrogen-bond donors (Lipinski definition) is 0. The standard InChI is InChI=1S/C11H13NO/c13-9-10-6-7-12(8-10)11-4-2-1-3-5-11/h1-5,9-10H,6-8H2/t10-/m0/s1. The van der Waals surface area contributed by atoms with Gasteiger partial charge in [-0.25, -0.2) is 0 Å². The maximum Gasteiger partial charge on any atom is 0.124 e. The molecule has 2 heteroatoms. The molecule has 2 nitrogen and oxygen atoms in total. The molecule has 1 aliphatic rings. The van der Waals surface area contributed by atoms with Crippen LogP contribution in [0.3, 0.4) is 0 Å². The van der Waals surface area contributed by atoms with Crippen LogP contribution in [0.2, 0.25) is 0 Å². The predicted molar refractivity (Wildman–Crippen MR) is 52.8 cm³/mol. The highest BCUT2D eigenvalue weighted by Crippen LogP contribution is 2.21. The van der Waals surface area contributed by atoms with Crippen molar-refractivity contribution in [2.75, 3.05) is 18.0 Å². The van der Waals surface area contributed by atoms with Crippen LogP contribution in [0.1, 0.15) is 6.42 Å². The smallest absolute Gasteiger partial charge is 0.124 e. The summed E-state index contributed by atoms with van der Waals surface area (Å²) in [5, 5.41) is 0. The summed E-state index contributed by atoms with van der Waals surface area (Å²) in [5.41, 5.74) is 1.23. The number of aldehydes is 1. The largest absolute Gasteiger partial charge is 0.371 e. The first-order chi connectivity index (χ1) is 6.40. The number of hydrogen-bond acceptors (Lipinski definition) is 2. The van der Waals surface area contributed by atoms with Gasteiger partial charge in [-0.2, -0.15) is 0 Å². The highest BCUT2D eigenvalue weighted by molar-refractivity contribution is 5.58. The van der Waals surface area contributed by atoms with E-state index in [1.807, 2.05) is 18.2 Å². The molecule has 0 aliphatic carbocycles. The Labute approximate surface area is 78.2 Å². The molecule has 0 radical (unpaired) electrons. The molecule has 1 atom stereocenters. The Bertz CT molecular complexity index is 283. The van der Waals surface area contributed by atoms with E-state index in [9.17, 15) is 4.79 Å². The zero-order valence-electron chi connectivity index (χ0n) is 7.52. The minimum absolute atomic E-state index is 0.236. The van der Waals surface area contributed by atoms with E-state index < -0.39 is 0 Å². The topological polar surface area (TPSA) is 20.3 Å². The molecule has 0 spiro atoms. The maximum atomic E-state index is 10.6. The van der Waals surface area contributed by atoms with Crippen molar-refractivity contribution in [3.05, 3.63) is 30.3 Å². The number of nitrogens with zero attached hydrogens (tertiary/aromatic N) is 1. The average molecular weight is 175 g/mol. The van der Waals surface area contributed by atoms with E-state index in [0.717, 1.165) is 25.8 Å². The van der Waals surface area contributed by atoms with Crippen LogP contribution in [-0.2, 0) is 4.79 Å². The lowest BCUT2D eigenvalue weighted by molar-refractivity contribution is -0.110. The normalized spacial score (nSPS) is 21.8. The summed E-state index contributed by atoms with van der Waals surface area (Å²) < 4.78 is 0. The van der Waals surface area contributed by atoms with Crippen molar-refractivity contribution in [1.82, 2.24) is 0 Å². The van der Waals surface area contributed by atoms with Crippen molar-refractivity contribution in [2.24, 2.45) is 5.92 Å². The van der Waals surface area contributed by atoms with Crippen LogP contribution >= 0.6 is 0 Å². The fraction of sp³-hybridized carbons (Fsp3) is 0.364. The second-order valence-corrected chi connectivity index (χ2v) is 3.47. The van der Waals surface area contributed by atoms with E-state index in [4.69, 9.17) is 0 Å². The van der Waals surface area contributed by atoms with Gasteiger partial charge in [0.05, 0.1) is 0 Å². The second kappa shape index (κ2) is 3.60. The van der Waals surface area contributed by atoms with Gasteiger partial charge in [0.1, 0.15) is 6.29 Å². The SMILES string of the molecule is O=C[C@H]1CCN(c2ccccc2)C1. The van der Waals surface area contributed by atoms with Crippen LogP contribution in [-0.4, -0.2) is 19.4 Å². The fourth-order valence-corrected chi connectivity index (χ4v) is 1.77. The van der Waals surface area contributed by atoms with Crippen molar-refractivity contribution < 1.29 is 4.79 Å². The summed E-state index contributed by atoms with van der Waals surface area (Å²) >= 11 is 0. The Morgan fingerprint density at radius 3 is 2.69 bits per heavy atom. The first-order valence-corrected chi connectivity index (χ1v) is 4.65. The van der Waals surface area contributed by atoms with E-state index in [1.165, 1.54) is 5.69 Å². The Balaban J connectivity index is 2.08. The molecule has 0 amide bonds. The molecule has 13 heavy (non-hydrogen) atoms. The zero-order chi connectivity index (χ0) is 9.10. The van der Waals surface area contributed by atoms with Gasteiger partial charge in [0.15, 0.2) is 0 Å². The summed E-state index contributed by atoms with van der Waals surface area (Å²) in [5.74, 6) is 0.236.